The quantitative estimate of drug-likeness (QED) is 0.751. The van der Waals surface area contributed by atoms with Gasteiger partial charge in [0.2, 0.25) is 0 Å². The fourth-order valence-electron chi connectivity index (χ4n) is 3.11. The third kappa shape index (κ3) is 3.86. The second-order valence-electron chi connectivity index (χ2n) is 5.79. The summed E-state index contributed by atoms with van der Waals surface area (Å²) in [4.78, 5) is 2.50. The Morgan fingerprint density at radius 3 is 2.73 bits per heavy atom. The average Bonchev–Trinajstić information content (AvgIpc) is 3.00. The van der Waals surface area contributed by atoms with Gasteiger partial charge in [0.05, 0.1) is 0 Å². The Hall–Kier alpha value is -1.87. The molecular formula is C19H27N3. The van der Waals surface area contributed by atoms with Crippen LogP contribution in [0.25, 0.3) is 6.08 Å². The van der Waals surface area contributed by atoms with Crippen molar-refractivity contribution in [2.75, 3.05) is 13.6 Å². The predicted octanol–water partition coefficient (Wildman–Crippen LogP) is 3.83. The van der Waals surface area contributed by atoms with Gasteiger partial charge >= 0.3 is 0 Å². The molecule has 118 valence electrons. The SMILES string of the molecule is C=Cc1ccc(CN2CCC[C@H]2/C(=C/NC)C(=N)CC)cc1. The van der Waals surface area contributed by atoms with E-state index < -0.39 is 0 Å². The normalized spacial score (nSPS) is 19.2. The van der Waals surface area contributed by atoms with Gasteiger partial charge in [0, 0.05) is 37.1 Å². The van der Waals surface area contributed by atoms with Crippen molar-refractivity contribution in [2.45, 2.75) is 38.8 Å². The predicted molar refractivity (Wildman–Crippen MR) is 95.1 cm³/mol. The molecule has 1 saturated heterocycles. The summed E-state index contributed by atoms with van der Waals surface area (Å²) in [6.07, 6.45) is 7.01. The van der Waals surface area contributed by atoms with Gasteiger partial charge in [-0.1, -0.05) is 43.8 Å². The van der Waals surface area contributed by atoms with E-state index >= 15 is 0 Å². The van der Waals surface area contributed by atoms with Crippen molar-refractivity contribution < 1.29 is 0 Å². The van der Waals surface area contributed by atoms with Gasteiger partial charge in [-0.3, -0.25) is 4.90 Å². The minimum absolute atomic E-state index is 0.360. The van der Waals surface area contributed by atoms with Gasteiger partial charge in [0.1, 0.15) is 0 Å². The molecule has 1 fully saturated rings. The first-order chi connectivity index (χ1) is 10.7. The van der Waals surface area contributed by atoms with Crippen molar-refractivity contribution in [2.24, 2.45) is 0 Å². The molecule has 3 heteroatoms. The minimum atomic E-state index is 0.360. The molecule has 0 saturated carbocycles. The molecule has 1 aliphatic rings. The van der Waals surface area contributed by atoms with E-state index in [1.54, 1.807) is 0 Å². The van der Waals surface area contributed by atoms with Gasteiger partial charge in [-0.15, -0.1) is 0 Å². The lowest BCUT2D eigenvalue weighted by Gasteiger charge is -2.27. The third-order valence-corrected chi connectivity index (χ3v) is 4.33. The van der Waals surface area contributed by atoms with Crippen molar-refractivity contribution in [3.05, 3.63) is 53.7 Å². The molecule has 0 amide bonds. The maximum Gasteiger partial charge on any atom is 0.0384 e. The Balaban J connectivity index is 2.13. The Morgan fingerprint density at radius 2 is 2.14 bits per heavy atom. The fourth-order valence-corrected chi connectivity index (χ4v) is 3.11. The molecule has 1 aromatic rings. The van der Waals surface area contributed by atoms with E-state index in [0.717, 1.165) is 42.8 Å². The maximum absolute atomic E-state index is 8.24. The van der Waals surface area contributed by atoms with Crippen LogP contribution in [0.15, 0.2) is 42.6 Å². The lowest BCUT2D eigenvalue weighted by Crippen LogP contribution is -2.33. The largest absolute Gasteiger partial charge is 0.394 e. The molecule has 3 nitrogen and oxygen atoms in total. The molecular weight excluding hydrogens is 270 g/mol. The maximum atomic E-state index is 8.24. The molecule has 2 rings (SSSR count). The highest BCUT2D eigenvalue weighted by molar-refractivity contribution is 5.98. The highest BCUT2D eigenvalue weighted by Crippen LogP contribution is 2.26. The van der Waals surface area contributed by atoms with E-state index in [0.29, 0.717) is 6.04 Å². The Kier molecular flexibility index (Phi) is 5.96. The molecule has 22 heavy (non-hydrogen) atoms. The number of hydrogen-bond acceptors (Lipinski definition) is 3. The summed E-state index contributed by atoms with van der Waals surface area (Å²) < 4.78 is 0. The Morgan fingerprint density at radius 1 is 1.41 bits per heavy atom. The first-order valence-electron chi connectivity index (χ1n) is 8.10. The molecule has 1 aromatic carbocycles. The minimum Gasteiger partial charge on any atom is -0.394 e. The van der Waals surface area contributed by atoms with Crippen LogP contribution in [0.2, 0.25) is 0 Å². The standard InChI is InChI=1S/C19H27N3/c1-4-15-8-10-16(11-9-15)14-22-12-6-7-19(22)17(13-21-3)18(20)5-2/h4,8-11,13,19-21H,1,5-7,12,14H2,2-3H3/b17-13+,20-18?/t19-/m0/s1. The van der Waals surface area contributed by atoms with Gasteiger partial charge in [-0.2, -0.15) is 0 Å². The molecule has 1 atom stereocenters. The topological polar surface area (TPSA) is 39.1 Å². The molecule has 1 aliphatic heterocycles. The summed E-state index contributed by atoms with van der Waals surface area (Å²) in [6, 6.07) is 8.95. The number of benzene rings is 1. The van der Waals surface area contributed by atoms with Crippen LogP contribution >= 0.6 is 0 Å². The summed E-state index contributed by atoms with van der Waals surface area (Å²) >= 11 is 0. The van der Waals surface area contributed by atoms with Gasteiger partial charge in [-0.25, -0.2) is 0 Å². The van der Waals surface area contributed by atoms with Crippen molar-refractivity contribution >= 4 is 11.8 Å². The second kappa shape index (κ2) is 7.95. The molecule has 0 bridgehead atoms. The first kappa shape index (κ1) is 16.5. The molecule has 0 aliphatic carbocycles. The van der Waals surface area contributed by atoms with E-state index in [4.69, 9.17) is 5.41 Å². The monoisotopic (exact) mass is 297 g/mol. The zero-order valence-corrected chi connectivity index (χ0v) is 13.7. The lowest BCUT2D eigenvalue weighted by molar-refractivity contribution is 0.276. The van der Waals surface area contributed by atoms with Crippen LogP contribution in [-0.2, 0) is 6.54 Å². The molecule has 2 N–H and O–H groups in total. The van der Waals surface area contributed by atoms with Crippen molar-refractivity contribution in [1.29, 1.82) is 5.41 Å². The molecule has 0 spiro atoms. The summed E-state index contributed by atoms with van der Waals surface area (Å²) in [5, 5.41) is 11.4. The molecule has 0 aromatic heterocycles. The van der Waals surface area contributed by atoms with Crippen LogP contribution < -0.4 is 5.32 Å². The van der Waals surface area contributed by atoms with Gasteiger partial charge < -0.3 is 10.7 Å². The van der Waals surface area contributed by atoms with E-state index in [2.05, 4.69) is 48.0 Å². The fraction of sp³-hybridized carbons (Fsp3) is 0.421. The van der Waals surface area contributed by atoms with Crippen LogP contribution in [0.5, 0.6) is 0 Å². The van der Waals surface area contributed by atoms with Crippen LogP contribution in [0.3, 0.4) is 0 Å². The summed E-state index contributed by atoms with van der Waals surface area (Å²) in [5.74, 6) is 0. The van der Waals surface area contributed by atoms with Gasteiger partial charge in [0.15, 0.2) is 0 Å². The van der Waals surface area contributed by atoms with E-state index in [-0.39, 0.29) is 0 Å². The smallest absolute Gasteiger partial charge is 0.0384 e. The average molecular weight is 297 g/mol. The van der Waals surface area contributed by atoms with Crippen molar-refractivity contribution in [1.82, 2.24) is 10.2 Å². The van der Waals surface area contributed by atoms with Crippen molar-refractivity contribution in [3.63, 3.8) is 0 Å². The highest BCUT2D eigenvalue weighted by Gasteiger charge is 2.29. The molecule has 1 heterocycles. The Labute approximate surface area is 134 Å². The van der Waals surface area contributed by atoms with E-state index in [9.17, 15) is 0 Å². The lowest BCUT2D eigenvalue weighted by atomic mass is 9.98. The summed E-state index contributed by atoms with van der Waals surface area (Å²) in [6.45, 7) is 7.90. The first-order valence-corrected chi connectivity index (χ1v) is 8.10. The zero-order valence-electron chi connectivity index (χ0n) is 13.7. The Bertz CT molecular complexity index is 542. The van der Waals surface area contributed by atoms with Crippen LogP contribution in [0.4, 0.5) is 0 Å². The van der Waals surface area contributed by atoms with Crippen molar-refractivity contribution in [3.8, 4) is 0 Å². The molecule has 0 radical (unpaired) electrons. The number of nitrogens with zero attached hydrogens (tertiary/aromatic N) is 1. The number of rotatable bonds is 7. The van der Waals surface area contributed by atoms with Crippen LogP contribution in [0.1, 0.15) is 37.3 Å². The number of hydrogen-bond donors (Lipinski definition) is 2. The highest BCUT2D eigenvalue weighted by atomic mass is 15.2. The number of nitrogens with one attached hydrogen (secondary N) is 2. The van der Waals surface area contributed by atoms with Crippen LogP contribution in [0, 0.1) is 5.41 Å². The van der Waals surface area contributed by atoms with Gasteiger partial charge in [0.25, 0.3) is 0 Å². The summed E-state index contributed by atoms with van der Waals surface area (Å²) in [5.41, 5.74) is 4.37. The third-order valence-electron chi connectivity index (χ3n) is 4.33. The van der Waals surface area contributed by atoms with E-state index in [1.807, 2.05) is 19.3 Å². The number of likely N-dealkylation sites (tertiary alicyclic amines) is 1. The van der Waals surface area contributed by atoms with Crippen LogP contribution in [-0.4, -0.2) is 30.2 Å². The summed E-state index contributed by atoms with van der Waals surface area (Å²) in [7, 11) is 1.91. The molecule has 0 unspecified atom stereocenters. The van der Waals surface area contributed by atoms with Gasteiger partial charge in [-0.05, 0) is 36.9 Å². The zero-order chi connectivity index (χ0) is 15.9. The van der Waals surface area contributed by atoms with E-state index in [1.165, 1.54) is 12.0 Å². The second-order valence-corrected chi connectivity index (χ2v) is 5.79.